The first-order valence-corrected chi connectivity index (χ1v) is 6.91. The van der Waals surface area contributed by atoms with Crippen molar-refractivity contribution in [3.63, 3.8) is 0 Å². The highest BCUT2D eigenvalue weighted by Gasteiger charge is 2.39. The van der Waals surface area contributed by atoms with E-state index in [1.807, 2.05) is 0 Å². The summed E-state index contributed by atoms with van der Waals surface area (Å²) in [5.41, 5.74) is 6.85. The molecular weight excluding hydrogens is 182 g/mol. The van der Waals surface area contributed by atoms with Crippen LogP contribution in [-0.4, -0.2) is 5.54 Å². The minimum absolute atomic E-state index is 0.224. The van der Waals surface area contributed by atoms with Gasteiger partial charge in [-0.1, -0.05) is 26.7 Å². The van der Waals surface area contributed by atoms with Crippen LogP contribution in [-0.2, 0) is 0 Å². The van der Waals surface area contributed by atoms with Crippen molar-refractivity contribution in [3.05, 3.63) is 0 Å². The van der Waals surface area contributed by atoms with Crippen LogP contribution in [0, 0.1) is 17.8 Å². The summed E-state index contributed by atoms with van der Waals surface area (Å²) in [6, 6.07) is 0. The summed E-state index contributed by atoms with van der Waals surface area (Å²) in [5, 5.41) is 0. The third-order valence-electron chi connectivity index (χ3n) is 5.07. The molecule has 0 aliphatic heterocycles. The molecule has 2 saturated carbocycles. The van der Waals surface area contributed by atoms with Crippen molar-refractivity contribution in [2.45, 2.75) is 70.8 Å². The van der Waals surface area contributed by atoms with E-state index in [1.165, 1.54) is 51.4 Å². The quantitative estimate of drug-likeness (QED) is 0.737. The van der Waals surface area contributed by atoms with Gasteiger partial charge in [0.15, 0.2) is 0 Å². The van der Waals surface area contributed by atoms with Gasteiger partial charge in [-0.05, 0) is 56.3 Å². The lowest BCUT2D eigenvalue weighted by Gasteiger charge is -2.42. The lowest BCUT2D eigenvalue weighted by Crippen LogP contribution is -2.49. The Kier molecular flexibility index (Phi) is 3.39. The molecule has 0 aromatic rings. The maximum absolute atomic E-state index is 6.63. The fourth-order valence-corrected chi connectivity index (χ4v) is 3.75. The molecule has 0 unspecified atom stereocenters. The summed E-state index contributed by atoms with van der Waals surface area (Å²) in [7, 11) is 0. The third-order valence-corrected chi connectivity index (χ3v) is 5.07. The van der Waals surface area contributed by atoms with Gasteiger partial charge in [0.25, 0.3) is 0 Å². The highest BCUT2D eigenvalue weighted by molar-refractivity contribution is 4.97. The van der Waals surface area contributed by atoms with Gasteiger partial charge in [0.1, 0.15) is 0 Å². The van der Waals surface area contributed by atoms with Crippen LogP contribution >= 0.6 is 0 Å². The van der Waals surface area contributed by atoms with Crippen molar-refractivity contribution >= 4 is 0 Å². The molecule has 2 aliphatic carbocycles. The number of hydrogen-bond donors (Lipinski definition) is 1. The van der Waals surface area contributed by atoms with Crippen molar-refractivity contribution in [2.24, 2.45) is 23.5 Å². The molecule has 88 valence electrons. The molecule has 0 amide bonds. The van der Waals surface area contributed by atoms with Crippen molar-refractivity contribution in [2.75, 3.05) is 0 Å². The molecule has 0 radical (unpaired) electrons. The summed E-state index contributed by atoms with van der Waals surface area (Å²) < 4.78 is 0. The Bertz CT molecular complexity index is 195. The number of nitrogens with two attached hydrogens (primary N) is 1. The lowest BCUT2D eigenvalue weighted by molar-refractivity contribution is 0.142. The van der Waals surface area contributed by atoms with Gasteiger partial charge >= 0.3 is 0 Å². The zero-order valence-corrected chi connectivity index (χ0v) is 10.5. The van der Waals surface area contributed by atoms with E-state index in [1.54, 1.807) is 0 Å². The molecule has 1 nitrogen and oxygen atoms in total. The molecule has 0 aromatic carbocycles. The molecule has 2 aliphatic rings. The lowest BCUT2D eigenvalue weighted by atomic mass is 9.67. The zero-order chi connectivity index (χ0) is 10.9. The first-order chi connectivity index (χ1) is 7.12. The predicted molar refractivity (Wildman–Crippen MR) is 65.7 cm³/mol. The Morgan fingerprint density at radius 1 is 1.00 bits per heavy atom. The molecule has 2 fully saturated rings. The van der Waals surface area contributed by atoms with Gasteiger partial charge in [0.2, 0.25) is 0 Å². The van der Waals surface area contributed by atoms with Gasteiger partial charge in [0.05, 0.1) is 0 Å². The van der Waals surface area contributed by atoms with E-state index in [0.717, 1.165) is 17.8 Å². The summed E-state index contributed by atoms with van der Waals surface area (Å²) >= 11 is 0. The summed E-state index contributed by atoms with van der Waals surface area (Å²) in [5.74, 6) is 2.66. The van der Waals surface area contributed by atoms with Crippen LogP contribution in [0.2, 0.25) is 0 Å². The van der Waals surface area contributed by atoms with Gasteiger partial charge in [-0.25, -0.2) is 0 Å². The van der Waals surface area contributed by atoms with E-state index < -0.39 is 0 Å². The molecule has 0 bridgehead atoms. The number of hydrogen-bond acceptors (Lipinski definition) is 1. The van der Waals surface area contributed by atoms with Crippen LogP contribution in [0.3, 0.4) is 0 Å². The second kappa shape index (κ2) is 4.45. The normalized spacial score (nSPS) is 38.8. The fraction of sp³-hybridized carbons (Fsp3) is 1.00. The maximum atomic E-state index is 6.63. The Balaban J connectivity index is 1.90. The minimum atomic E-state index is 0.224. The van der Waals surface area contributed by atoms with Gasteiger partial charge < -0.3 is 5.73 Å². The van der Waals surface area contributed by atoms with E-state index in [9.17, 15) is 0 Å². The molecule has 2 rings (SSSR count). The average molecular weight is 209 g/mol. The van der Waals surface area contributed by atoms with Crippen LogP contribution in [0.1, 0.15) is 65.2 Å². The molecular formula is C14H27N. The van der Waals surface area contributed by atoms with Gasteiger partial charge in [-0.3, -0.25) is 0 Å². The molecule has 2 N–H and O–H groups in total. The van der Waals surface area contributed by atoms with Gasteiger partial charge in [0, 0.05) is 5.54 Å². The van der Waals surface area contributed by atoms with E-state index >= 15 is 0 Å². The van der Waals surface area contributed by atoms with Crippen molar-refractivity contribution < 1.29 is 0 Å². The highest BCUT2D eigenvalue weighted by Crippen LogP contribution is 2.43. The second-order valence-electron chi connectivity index (χ2n) is 6.30. The van der Waals surface area contributed by atoms with E-state index in [4.69, 9.17) is 5.73 Å². The van der Waals surface area contributed by atoms with E-state index in [-0.39, 0.29) is 5.54 Å². The molecule has 0 aromatic heterocycles. The Hall–Kier alpha value is -0.0400. The standard InChI is InChI=1S/C14H27N/c1-11(2)12-7-9-14(15,10-8-12)13-5-3-4-6-13/h11-13H,3-10,15H2,1-2H3. The van der Waals surface area contributed by atoms with Gasteiger partial charge in [-0.15, -0.1) is 0 Å². The van der Waals surface area contributed by atoms with E-state index in [0.29, 0.717) is 0 Å². The molecule has 1 heteroatoms. The van der Waals surface area contributed by atoms with Crippen LogP contribution < -0.4 is 5.73 Å². The SMILES string of the molecule is CC(C)C1CCC(N)(C2CCCC2)CC1. The van der Waals surface area contributed by atoms with Crippen LogP contribution in [0.15, 0.2) is 0 Å². The molecule has 0 atom stereocenters. The first kappa shape index (κ1) is 11.4. The zero-order valence-electron chi connectivity index (χ0n) is 10.5. The smallest absolute Gasteiger partial charge is 0.0183 e. The van der Waals surface area contributed by atoms with E-state index in [2.05, 4.69) is 13.8 Å². The van der Waals surface area contributed by atoms with Crippen LogP contribution in [0.4, 0.5) is 0 Å². The van der Waals surface area contributed by atoms with Crippen LogP contribution in [0.25, 0.3) is 0 Å². The van der Waals surface area contributed by atoms with Gasteiger partial charge in [-0.2, -0.15) is 0 Å². The topological polar surface area (TPSA) is 26.0 Å². The summed E-state index contributed by atoms with van der Waals surface area (Å²) in [6.45, 7) is 4.73. The van der Waals surface area contributed by atoms with Crippen LogP contribution in [0.5, 0.6) is 0 Å². The Labute approximate surface area is 94.8 Å². The Morgan fingerprint density at radius 3 is 2.00 bits per heavy atom. The maximum Gasteiger partial charge on any atom is 0.0183 e. The monoisotopic (exact) mass is 209 g/mol. The van der Waals surface area contributed by atoms with Crippen molar-refractivity contribution in [3.8, 4) is 0 Å². The predicted octanol–water partition coefficient (Wildman–Crippen LogP) is 3.72. The fourth-order valence-electron chi connectivity index (χ4n) is 3.75. The summed E-state index contributed by atoms with van der Waals surface area (Å²) in [4.78, 5) is 0. The summed E-state index contributed by atoms with van der Waals surface area (Å²) in [6.07, 6.45) is 11.0. The number of rotatable bonds is 2. The van der Waals surface area contributed by atoms with Crippen molar-refractivity contribution in [1.29, 1.82) is 0 Å². The van der Waals surface area contributed by atoms with Crippen molar-refractivity contribution in [1.82, 2.24) is 0 Å². The largest absolute Gasteiger partial charge is 0.325 e. The molecule has 0 saturated heterocycles. The first-order valence-electron chi connectivity index (χ1n) is 6.91. The third kappa shape index (κ3) is 2.38. The Morgan fingerprint density at radius 2 is 1.53 bits per heavy atom. The molecule has 15 heavy (non-hydrogen) atoms. The second-order valence-corrected chi connectivity index (χ2v) is 6.30. The average Bonchev–Trinajstić information content (AvgIpc) is 2.71. The minimum Gasteiger partial charge on any atom is -0.325 e. The molecule has 0 heterocycles. The highest BCUT2D eigenvalue weighted by atomic mass is 14.8. The molecule has 0 spiro atoms.